The van der Waals surface area contributed by atoms with Gasteiger partial charge < -0.3 is 15.0 Å². The van der Waals surface area contributed by atoms with Crippen molar-refractivity contribution in [1.82, 2.24) is 15.1 Å². The first kappa shape index (κ1) is 18.5. The minimum atomic E-state index is -0.284. The van der Waals surface area contributed by atoms with Gasteiger partial charge in [-0.25, -0.2) is 0 Å². The molecule has 27 heavy (non-hydrogen) atoms. The maximum atomic E-state index is 12.1. The lowest BCUT2D eigenvalue weighted by atomic mass is 10.1. The molecule has 140 valence electrons. The summed E-state index contributed by atoms with van der Waals surface area (Å²) in [5.41, 5.74) is 2.11. The molecular weight excluding hydrogens is 344 g/mol. The number of rotatable bonds is 4. The summed E-state index contributed by atoms with van der Waals surface area (Å²) >= 11 is 0. The first-order valence-corrected chi connectivity index (χ1v) is 8.83. The summed E-state index contributed by atoms with van der Waals surface area (Å²) in [6.45, 7) is 0.983. The molecule has 0 aliphatic carbocycles. The number of carbonyl (C=O) groups is 2. The molecule has 3 rings (SSSR count). The average molecular weight is 366 g/mol. The van der Waals surface area contributed by atoms with Crippen LogP contribution in [-0.2, 0) is 11.8 Å². The Bertz CT molecular complexity index is 890. The van der Waals surface area contributed by atoms with Gasteiger partial charge in [-0.15, -0.1) is 5.10 Å². The van der Waals surface area contributed by atoms with Crippen molar-refractivity contribution >= 4 is 17.5 Å². The molecule has 0 bridgehead atoms. The summed E-state index contributed by atoms with van der Waals surface area (Å²) in [5.74, 6) is 6.10. The summed E-state index contributed by atoms with van der Waals surface area (Å²) < 4.78 is 6.60. The van der Waals surface area contributed by atoms with Gasteiger partial charge in [0, 0.05) is 37.5 Å². The molecule has 2 amide bonds. The third-order valence-corrected chi connectivity index (χ3v) is 4.31. The Morgan fingerprint density at radius 3 is 2.78 bits per heavy atom. The Morgan fingerprint density at radius 2 is 2.07 bits per heavy atom. The number of anilines is 1. The van der Waals surface area contributed by atoms with Gasteiger partial charge in [-0.2, -0.15) is 0 Å². The Morgan fingerprint density at radius 1 is 1.30 bits per heavy atom. The van der Waals surface area contributed by atoms with Gasteiger partial charge in [0.15, 0.2) is 0 Å². The lowest BCUT2D eigenvalue weighted by Crippen LogP contribution is -2.35. The Balaban J connectivity index is 1.56. The number of benzene rings is 1. The molecule has 1 N–H and O–H groups in total. The van der Waals surface area contributed by atoms with E-state index in [2.05, 4.69) is 22.3 Å². The highest BCUT2D eigenvalue weighted by Gasteiger charge is 2.19. The van der Waals surface area contributed by atoms with Gasteiger partial charge in [0.1, 0.15) is 5.56 Å². The number of hydrogen-bond acceptors (Lipinski definition) is 4. The van der Waals surface area contributed by atoms with Crippen molar-refractivity contribution in [3.63, 3.8) is 0 Å². The summed E-state index contributed by atoms with van der Waals surface area (Å²) in [7, 11) is 3.19. The van der Waals surface area contributed by atoms with Crippen LogP contribution in [0.2, 0.25) is 0 Å². The third-order valence-electron chi connectivity index (χ3n) is 4.31. The van der Waals surface area contributed by atoms with Crippen LogP contribution in [0, 0.1) is 11.8 Å². The van der Waals surface area contributed by atoms with Crippen LogP contribution in [-0.4, -0.2) is 41.8 Å². The summed E-state index contributed by atoms with van der Waals surface area (Å²) in [5, 5.41) is 6.78. The maximum Gasteiger partial charge on any atom is 0.259 e. The Labute approximate surface area is 158 Å². The normalized spacial score (nSPS) is 13.7. The molecule has 0 unspecified atom stereocenters. The van der Waals surface area contributed by atoms with E-state index in [9.17, 15) is 9.59 Å². The van der Waals surface area contributed by atoms with Gasteiger partial charge in [0.05, 0.1) is 13.7 Å². The molecule has 1 aromatic carbocycles. The first-order valence-electron chi connectivity index (χ1n) is 8.83. The standard InChI is InChI=1S/C20H22N4O3/c1-23-14-17(20(22-23)27-2)19(26)21-12-5-6-15-8-10-16(11-9-15)24-13-4-3-7-18(24)25/h8-11,14H,3-4,7,12-13H2,1-2H3,(H,21,26). The lowest BCUT2D eigenvalue weighted by molar-refractivity contribution is -0.119. The number of amides is 2. The second-order valence-corrected chi connectivity index (χ2v) is 6.26. The SMILES string of the molecule is COc1nn(C)cc1C(=O)NCC#Cc1ccc(N2CCCCC2=O)cc1. The van der Waals surface area contributed by atoms with Gasteiger partial charge in [0.2, 0.25) is 11.8 Å². The summed E-state index contributed by atoms with van der Waals surface area (Å²) in [6.07, 6.45) is 4.22. The van der Waals surface area contributed by atoms with E-state index in [0.29, 0.717) is 12.0 Å². The molecule has 1 saturated heterocycles. The molecule has 2 heterocycles. The van der Waals surface area contributed by atoms with E-state index in [1.54, 1.807) is 13.2 Å². The molecule has 0 atom stereocenters. The predicted molar refractivity (Wildman–Crippen MR) is 102 cm³/mol. The minimum Gasteiger partial charge on any atom is -0.479 e. The number of piperidine rings is 1. The van der Waals surface area contributed by atoms with Gasteiger partial charge in [-0.05, 0) is 37.1 Å². The number of methoxy groups -OCH3 is 1. The quantitative estimate of drug-likeness (QED) is 0.836. The van der Waals surface area contributed by atoms with E-state index in [4.69, 9.17) is 4.74 Å². The molecule has 1 aliphatic rings. The van der Waals surface area contributed by atoms with Crippen molar-refractivity contribution in [2.24, 2.45) is 7.05 Å². The van der Waals surface area contributed by atoms with Gasteiger partial charge >= 0.3 is 0 Å². The van der Waals surface area contributed by atoms with Crippen molar-refractivity contribution in [3.05, 3.63) is 41.6 Å². The largest absolute Gasteiger partial charge is 0.479 e. The second kappa shape index (κ2) is 8.41. The van der Waals surface area contributed by atoms with Crippen molar-refractivity contribution in [3.8, 4) is 17.7 Å². The highest BCUT2D eigenvalue weighted by molar-refractivity contribution is 5.96. The fourth-order valence-electron chi connectivity index (χ4n) is 2.94. The van der Waals surface area contributed by atoms with Gasteiger partial charge in [0.25, 0.3) is 5.91 Å². The first-order chi connectivity index (χ1) is 13.1. The van der Waals surface area contributed by atoms with Crippen molar-refractivity contribution in [1.29, 1.82) is 0 Å². The monoisotopic (exact) mass is 366 g/mol. The number of ether oxygens (including phenoxy) is 1. The van der Waals surface area contributed by atoms with Crippen molar-refractivity contribution < 1.29 is 14.3 Å². The minimum absolute atomic E-state index is 0.175. The average Bonchev–Trinajstić information content (AvgIpc) is 3.07. The molecule has 2 aromatic rings. The van der Waals surface area contributed by atoms with Crippen LogP contribution in [0.3, 0.4) is 0 Å². The van der Waals surface area contributed by atoms with Crippen LogP contribution in [0.1, 0.15) is 35.2 Å². The summed E-state index contributed by atoms with van der Waals surface area (Å²) in [4.78, 5) is 25.9. The van der Waals surface area contributed by atoms with E-state index >= 15 is 0 Å². The molecule has 7 heteroatoms. The highest BCUT2D eigenvalue weighted by atomic mass is 16.5. The number of nitrogens with zero attached hydrogens (tertiary/aromatic N) is 3. The summed E-state index contributed by atoms with van der Waals surface area (Å²) in [6, 6.07) is 7.59. The predicted octanol–water partition coefficient (Wildman–Crippen LogP) is 1.73. The molecular formula is C20H22N4O3. The van der Waals surface area contributed by atoms with E-state index in [-0.39, 0.29) is 24.2 Å². The van der Waals surface area contributed by atoms with Crippen LogP contribution in [0.5, 0.6) is 5.88 Å². The van der Waals surface area contributed by atoms with Gasteiger partial charge in [-0.3, -0.25) is 14.3 Å². The molecule has 7 nitrogen and oxygen atoms in total. The highest BCUT2D eigenvalue weighted by Crippen LogP contribution is 2.21. The lowest BCUT2D eigenvalue weighted by Gasteiger charge is -2.26. The Hall–Kier alpha value is -3.27. The zero-order chi connectivity index (χ0) is 19.2. The third kappa shape index (κ3) is 4.47. The van der Waals surface area contributed by atoms with E-state index in [1.165, 1.54) is 11.8 Å². The fourth-order valence-corrected chi connectivity index (χ4v) is 2.94. The van der Waals surface area contributed by atoms with Crippen LogP contribution < -0.4 is 15.0 Å². The molecule has 1 aromatic heterocycles. The van der Waals surface area contributed by atoms with E-state index in [1.807, 2.05) is 29.2 Å². The molecule has 1 aliphatic heterocycles. The van der Waals surface area contributed by atoms with Crippen LogP contribution in [0.4, 0.5) is 5.69 Å². The number of aryl methyl sites for hydroxylation is 1. The number of nitrogens with one attached hydrogen (secondary N) is 1. The zero-order valence-electron chi connectivity index (χ0n) is 15.5. The van der Waals surface area contributed by atoms with Gasteiger partial charge in [-0.1, -0.05) is 11.8 Å². The van der Waals surface area contributed by atoms with Crippen molar-refractivity contribution in [2.75, 3.05) is 25.1 Å². The zero-order valence-corrected chi connectivity index (χ0v) is 15.5. The smallest absolute Gasteiger partial charge is 0.259 e. The number of aromatic nitrogens is 2. The fraction of sp³-hybridized carbons (Fsp3) is 0.350. The second-order valence-electron chi connectivity index (χ2n) is 6.26. The Kier molecular flexibility index (Phi) is 5.77. The van der Waals surface area contributed by atoms with Crippen LogP contribution in [0.15, 0.2) is 30.5 Å². The number of carbonyl (C=O) groups excluding carboxylic acids is 2. The molecule has 0 spiro atoms. The molecule has 0 saturated carbocycles. The van der Waals surface area contributed by atoms with Crippen LogP contribution >= 0.6 is 0 Å². The maximum absolute atomic E-state index is 12.1. The number of hydrogen-bond donors (Lipinski definition) is 1. The van der Waals surface area contributed by atoms with Crippen molar-refractivity contribution in [2.45, 2.75) is 19.3 Å². The van der Waals surface area contributed by atoms with Crippen LogP contribution in [0.25, 0.3) is 0 Å². The van der Waals surface area contributed by atoms with E-state index < -0.39 is 0 Å². The molecule has 0 radical (unpaired) electrons. The van der Waals surface area contributed by atoms with E-state index in [0.717, 1.165) is 30.6 Å². The topological polar surface area (TPSA) is 76.5 Å². The molecule has 1 fully saturated rings.